The summed E-state index contributed by atoms with van der Waals surface area (Å²) >= 11 is 4.82. The van der Waals surface area contributed by atoms with Crippen LogP contribution in [0.5, 0.6) is 0 Å². The Labute approximate surface area is 277 Å². The number of carbonyl (C=O) groups excluding carboxylic acids is 3. The number of nitrogens with two attached hydrogens (primary N) is 2. The highest BCUT2D eigenvalue weighted by Gasteiger charge is 2.55. The first kappa shape index (κ1) is 33.3. The standard InChI is InChI=1S/C25H27N11O6S4/c26-12(6-11-7-28-10-31-11)20(37)30-4-5-43-8-13-14(2-1-3-29-13)45-15-9-44-23-17(22(39)36(23)18(15)24(40)41)32-21(38)16(34-42)19-33-25(27)46-35-19/h1-3,7,10,12,16-17,23H,4-6,8-9,26H2,(H,28,31)(H,30,37)(H,32,38)(H,40,41)(H2,27,33,35)/t12-,16?,17?,23?/m0/s1. The number of imidazole rings is 1. The van der Waals surface area contributed by atoms with Gasteiger partial charge in [0.15, 0.2) is 11.0 Å². The van der Waals surface area contributed by atoms with Gasteiger partial charge in [-0.2, -0.15) is 16.1 Å². The molecule has 21 heteroatoms. The molecule has 5 rings (SSSR count). The summed E-state index contributed by atoms with van der Waals surface area (Å²) in [5.41, 5.74) is 12.8. The van der Waals surface area contributed by atoms with Crippen LogP contribution in [0, 0.1) is 4.91 Å². The number of β-lactam (4-membered cyclic amide) rings is 1. The molecule has 0 bridgehead atoms. The number of carboxylic acid groups (broad SMARTS) is 1. The SMILES string of the molecule is Nc1nc(C(N=O)C(=O)NC2C(=O)N3C(C(=O)O)=C(Sc4cccnc4CSCCNC(=O)[C@@H](N)Cc4cnc[nH]4)CSC23)ns1. The van der Waals surface area contributed by atoms with E-state index in [-0.39, 0.29) is 28.3 Å². The molecule has 3 unspecified atom stereocenters. The van der Waals surface area contributed by atoms with Gasteiger partial charge in [0.1, 0.15) is 17.1 Å². The second-order valence-corrected chi connectivity index (χ2v) is 13.9. The third kappa shape index (κ3) is 7.49. The molecule has 1 fully saturated rings. The number of H-pyrrole nitrogens is 1. The second-order valence-electron chi connectivity index (χ2n) is 9.75. The molecule has 2 aliphatic rings. The molecule has 17 nitrogen and oxygen atoms in total. The first-order valence-corrected chi connectivity index (χ1v) is 17.3. The second kappa shape index (κ2) is 15.0. The van der Waals surface area contributed by atoms with Crippen LogP contribution in [-0.2, 0) is 31.4 Å². The Morgan fingerprint density at radius 3 is 2.83 bits per heavy atom. The van der Waals surface area contributed by atoms with Crippen molar-refractivity contribution < 1.29 is 24.3 Å². The van der Waals surface area contributed by atoms with Crippen LogP contribution in [0.15, 0.2) is 51.5 Å². The molecule has 2 aliphatic heterocycles. The van der Waals surface area contributed by atoms with E-state index in [1.54, 1.807) is 18.5 Å². The molecule has 4 atom stereocenters. The summed E-state index contributed by atoms with van der Waals surface area (Å²) in [6.07, 6.45) is 5.13. The van der Waals surface area contributed by atoms with Gasteiger partial charge in [0.25, 0.3) is 11.8 Å². The lowest BCUT2D eigenvalue weighted by molar-refractivity contribution is -0.150. The summed E-state index contributed by atoms with van der Waals surface area (Å²) in [5, 5.41) is 17.5. The Morgan fingerprint density at radius 1 is 1.30 bits per heavy atom. The number of rotatable bonds is 15. The normalized spacial score (nSPS) is 18.7. The molecular formula is C25H27N11O6S4. The largest absolute Gasteiger partial charge is 0.477 e. The number of fused-ring (bicyclic) bond motifs is 1. The number of nitrogens with one attached hydrogen (secondary N) is 3. The lowest BCUT2D eigenvalue weighted by atomic mass is 10.0. The summed E-state index contributed by atoms with van der Waals surface area (Å²) in [5.74, 6) is -1.93. The molecular weight excluding hydrogens is 679 g/mol. The molecule has 0 spiro atoms. The van der Waals surface area contributed by atoms with Crippen molar-refractivity contribution in [3.8, 4) is 0 Å². The number of aromatic amines is 1. The van der Waals surface area contributed by atoms with E-state index in [0.29, 0.717) is 35.1 Å². The van der Waals surface area contributed by atoms with Gasteiger partial charge in [-0.05, 0) is 17.3 Å². The molecule has 46 heavy (non-hydrogen) atoms. The number of thioether (sulfide) groups is 3. The van der Waals surface area contributed by atoms with E-state index in [0.717, 1.165) is 27.0 Å². The van der Waals surface area contributed by atoms with E-state index in [9.17, 15) is 29.2 Å². The minimum Gasteiger partial charge on any atom is -0.477 e. The number of carboxylic acids is 1. The lowest BCUT2D eigenvalue weighted by Gasteiger charge is -2.49. The molecule has 8 N–H and O–H groups in total. The first-order valence-electron chi connectivity index (χ1n) is 13.5. The molecule has 5 heterocycles. The fourth-order valence-corrected chi connectivity index (χ4v) is 8.44. The summed E-state index contributed by atoms with van der Waals surface area (Å²) in [6, 6.07) is 0.182. The number of anilines is 1. The van der Waals surface area contributed by atoms with Crippen molar-refractivity contribution in [3.63, 3.8) is 0 Å². The number of hydrogen-bond acceptors (Lipinski definition) is 16. The van der Waals surface area contributed by atoms with E-state index in [1.165, 1.54) is 41.6 Å². The van der Waals surface area contributed by atoms with Crippen molar-refractivity contribution in [3.05, 3.63) is 63.6 Å². The van der Waals surface area contributed by atoms with E-state index in [1.807, 2.05) is 6.07 Å². The van der Waals surface area contributed by atoms with Crippen LogP contribution in [0.1, 0.15) is 23.3 Å². The minimum atomic E-state index is -1.60. The molecule has 0 aromatic carbocycles. The monoisotopic (exact) mass is 705 g/mol. The fraction of sp³-hybridized carbons (Fsp3) is 0.360. The fourth-order valence-electron chi connectivity index (χ4n) is 4.50. The summed E-state index contributed by atoms with van der Waals surface area (Å²) < 4.78 is 3.84. The number of nitrogens with zero attached hydrogens (tertiary/aromatic N) is 6. The van der Waals surface area contributed by atoms with Crippen LogP contribution < -0.4 is 22.1 Å². The predicted octanol–water partition coefficient (Wildman–Crippen LogP) is 0.454. The van der Waals surface area contributed by atoms with Crippen molar-refractivity contribution in [1.82, 2.24) is 39.8 Å². The molecule has 242 valence electrons. The van der Waals surface area contributed by atoms with Gasteiger partial charge in [0, 0.05) is 69.6 Å². The van der Waals surface area contributed by atoms with E-state index in [2.05, 4.69) is 40.1 Å². The van der Waals surface area contributed by atoms with E-state index in [4.69, 9.17) is 11.5 Å². The number of carbonyl (C=O) groups is 4. The Hall–Kier alpha value is -4.05. The van der Waals surface area contributed by atoms with Crippen LogP contribution in [-0.4, -0.2) is 93.5 Å². The summed E-state index contributed by atoms with van der Waals surface area (Å²) in [6.45, 7) is 0.397. The number of aliphatic carboxylic acids is 1. The Morgan fingerprint density at radius 2 is 2.13 bits per heavy atom. The quantitative estimate of drug-likeness (QED) is 0.0712. The molecule has 3 amide bonds. The van der Waals surface area contributed by atoms with Gasteiger partial charge in [-0.3, -0.25) is 24.3 Å². The minimum absolute atomic E-state index is 0.0496. The van der Waals surface area contributed by atoms with Gasteiger partial charge < -0.3 is 32.2 Å². The molecule has 0 aliphatic carbocycles. The summed E-state index contributed by atoms with van der Waals surface area (Å²) in [7, 11) is 0. The van der Waals surface area contributed by atoms with Gasteiger partial charge >= 0.3 is 5.97 Å². The van der Waals surface area contributed by atoms with Gasteiger partial charge in [-0.1, -0.05) is 11.8 Å². The topological polar surface area (TPSA) is 265 Å². The maximum atomic E-state index is 13.1. The average Bonchev–Trinajstić information content (AvgIpc) is 3.72. The van der Waals surface area contributed by atoms with Crippen LogP contribution in [0.25, 0.3) is 0 Å². The van der Waals surface area contributed by atoms with Crippen molar-refractivity contribution in [2.45, 2.75) is 40.6 Å². The third-order valence-electron chi connectivity index (χ3n) is 6.69. The zero-order valence-corrected chi connectivity index (χ0v) is 27.0. The van der Waals surface area contributed by atoms with E-state index < -0.39 is 41.3 Å². The molecule has 3 aromatic rings. The van der Waals surface area contributed by atoms with Crippen molar-refractivity contribution in [1.29, 1.82) is 0 Å². The molecule has 0 saturated carbocycles. The zero-order chi connectivity index (χ0) is 32.8. The number of pyridine rings is 1. The van der Waals surface area contributed by atoms with Crippen molar-refractivity contribution in [2.75, 3.05) is 23.8 Å². The van der Waals surface area contributed by atoms with Crippen LogP contribution >= 0.6 is 46.8 Å². The van der Waals surface area contributed by atoms with Gasteiger partial charge in [0.2, 0.25) is 11.9 Å². The van der Waals surface area contributed by atoms with Gasteiger partial charge in [-0.15, -0.1) is 16.7 Å². The van der Waals surface area contributed by atoms with Crippen LogP contribution in [0.2, 0.25) is 0 Å². The highest BCUT2D eigenvalue weighted by molar-refractivity contribution is 8.06. The number of amides is 3. The zero-order valence-electron chi connectivity index (χ0n) is 23.7. The highest BCUT2D eigenvalue weighted by Crippen LogP contribution is 2.46. The lowest BCUT2D eigenvalue weighted by Crippen LogP contribution is -2.70. The molecule has 0 radical (unpaired) electrons. The molecule has 3 aromatic heterocycles. The van der Waals surface area contributed by atoms with Crippen LogP contribution in [0.4, 0.5) is 5.13 Å². The maximum absolute atomic E-state index is 13.1. The molecule has 1 saturated heterocycles. The van der Waals surface area contributed by atoms with E-state index >= 15 is 0 Å². The number of nitroso groups, excluding NO2 is 1. The Kier molecular flexibility index (Phi) is 10.9. The van der Waals surface area contributed by atoms with Gasteiger partial charge in [-0.25, -0.2) is 14.8 Å². The first-order chi connectivity index (χ1) is 22.2. The summed E-state index contributed by atoms with van der Waals surface area (Å²) in [4.78, 5) is 79.3. The maximum Gasteiger partial charge on any atom is 0.353 e. The number of hydrogen-bond donors (Lipinski definition) is 6. The van der Waals surface area contributed by atoms with Crippen LogP contribution in [0.3, 0.4) is 0 Å². The Bertz CT molecular complexity index is 1650. The predicted molar refractivity (Wildman–Crippen MR) is 172 cm³/mol. The third-order valence-corrected chi connectivity index (χ3v) is 10.9. The average molecular weight is 706 g/mol. The number of nitrogen functional groups attached to an aromatic ring is 1. The Balaban J connectivity index is 1.17. The van der Waals surface area contributed by atoms with Gasteiger partial charge in [0.05, 0.1) is 18.1 Å². The number of aromatic nitrogens is 5. The van der Waals surface area contributed by atoms with Crippen molar-refractivity contribution >= 4 is 75.6 Å². The highest BCUT2D eigenvalue weighted by atomic mass is 32.2. The van der Waals surface area contributed by atoms with Crippen molar-refractivity contribution in [2.24, 2.45) is 10.9 Å². The smallest absolute Gasteiger partial charge is 0.353 e.